The normalized spacial score (nSPS) is 20.1. The number of carbonyl (C=O) groups excluding carboxylic acids is 1. The predicted molar refractivity (Wildman–Crippen MR) is 88.4 cm³/mol. The number of hydrogen-bond acceptors (Lipinski definition) is 6. The zero-order valence-corrected chi connectivity index (χ0v) is 13.8. The minimum Gasteiger partial charge on any atom is -0.496 e. The maximum Gasteiger partial charge on any atom is 0.238 e. The van der Waals surface area contributed by atoms with Gasteiger partial charge in [-0.05, 0) is 19.4 Å². The molecule has 2 heterocycles. The highest BCUT2D eigenvalue weighted by Gasteiger charge is 2.31. The first-order valence-corrected chi connectivity index (χ1v) is 8.01. The van der Waals surface area contributed by atoms with E-state index in [2.05, 4.69) is 21.3 Å². The van der Waals surface area contributed by atoms with E-state index in [1.54, 1.807) is 7.11 Å². The number of ether oxygens (including phenoxy) is 1. The Hall–Kier alpha value is -2.38. The Morgan fingerprint density at radius 1 is 1.42 bits per heavy atom. The molecule has 2 atom stereocenters. The number of aromatic nitrogens is 1. The molecule has 0 spiro atoms. The molecule has 3 rings (SSSR count). The van der Waals surface area contributed by atoms with Gasteiger partial charge in [0.25, 0.3) is 0 Å². The smallest absolute Gasteiger partial charge is 0.238 e. The summed E-state index contributed by atoms with van der Waals surface area (Å²) in [7, 11) is 1.65. The molecule has 1 aromatic carbocycles. The van der Waals surface area contributed by atoms with E-state index in [1.807, 2.05) is 37.3 Å². The highest BCUT2D eigenvalue weighted by Crippen LogP contribution is 2.29. The van der Waals surface area contributed by atoms with Crippen LogP contribution in [0.15, 0.2) is 34.9 Å². The second kappa shape index (κ2) is 7.46. The number of para-hydroxylation sites is 1. The van der Waals surface area contributed by atoms with Crippen molar-refractivity contribution >= 4 is 5.91 Å². The summed E-state index contributed by atoms with van der Waals surface area (Å²) < 4.78 is 10.5. The summed E-state index contributed by atoms with van der Waals surface area (Å²) in [5, 5.41) is 6.75. The van der Waals surface area contributed by atoms with Crippen molar-refractivity contribution in [3.8, 4) is 5.75 Å². The lowest BCUT2D eigenvalue weighted by atomic mass is 10.0. The number of amides is 1. The molecule has 1 aliphatic rings. The largest absolute Gasteiger partial charge is 0.496 e. The molecule has 1 aliphatic heterocycles. The third-order valence-corrected chi connectivity index (χ3v) is 4.08. The van der Waals surface area contributed by atoms with Crippen molar-refractivity contribution in [2.75, 3.05) is 13.7 Å². The van der Waals surface area contributed by atoms with E-state index in [-0.39, 0.29) is 18.0 Å². The van der Waals surface area contributed by atoms with E-state index in [4.69, 9.17) is 9.26 Å². The van der Waals surface area contributed by atoms with Crippen LogP contribution in [0.25, 0.3) is 0 Å². The van der Waals surface area contributed by atoms with Crippen LogP contribution in [0.5, 0.6) is 5.75 Å². The number of nitrogens with one attached hydrogen (secondary N) is 3. The molecular weight excluding hydrogens is 308 g/mol. The van der Waals surface area contributed by atoms with Crippen molar-refractivity contribution in [2.45, 2.75) is 31.8 Å². The Kier molecular flexibility index (Phi) is 5.12. The highest BCUT2D eigenvalue weighted by atomic mass is 16.5. The van der Waals surface area contributed by atoms with Crippen molar-refractivity contribution in [2.24, 2.45) is 0 Å². The maximum absolute atomic E-state index is 12.3. The van der Waals surface area contributed by atoms with Crippen LogP contribution >= 0.6 is 0 Å². The van der Waals surface area contributed by atoms with Crippen molar-refractivity contribution in [1.82, 2.24) is 21.3 Å². The Labute approximate surface area is 140 Å². The molecule has 3 N–H and O–H groups in total. The first-order valence-electron chi connectivity index (χ1n) is 8.01. The van der Waals surface area contributed by atoms with Crippen LogP contribution in [0.3, 0.4) is 0 Å². The number of hydrazine groups is 1. The van der Waals surface area contributed by atoms with Gasteiger partial charge in [0.2, 0.25) is 5.91 Å². The quantitative estimate of drug-likeness (QED) is 0.739. The molecule has 0 saturated carbocycles. The number of nitrogens with zero attached hydrogens (tertiary/aromatic N) is 1. The lowest BCUT2D eigenvalue weighted by Crippen LogP contribution is -2.43. The Bertz CT molecular complexity index is 701. The van der Waals surface area contributed by atoms with Crippen LogP contribution < -0.4 is 20.9 Å². The van der Waals surface area contributed by atoms with Crippen LogP contribution in [0.2, 0.25) is 0 Å². The van der Waals surface area contributed by atoms with Gasteiger partial charge in [-0.3, -0.25) is 4.79 Å². The van der Waals surface area contributed by atoms with Crippen molar-refractivity contribution < 1.29 is 14.1 Å². The molecule has 2 unspecified atom stereocenters. The lowest BCUT2D eigenvalue weighted by Gasteiger charge is -2.13. The minimum absolute atomic E-state index is 0.0314. The zero-order valence-electron chi connectivity index (χ0n) is 13.8. The Balaban J connectivity index is 1.50. The third kappa shape index (κ3) is 3.74. The number of methoxy groups -OCH3 is 1. The summed E-state index contributed by atoms with van der Waals surface area (Å²) in [6.45, 7) is 2.39. The molecule has 2 aromatic rings. The van der Waals surface area contributed by atoms with Crippen LogP contribution in [-0.4, -0.2) is 30.8 Å². The van der Waals surface area contributed by atoms with Crippen molar-refractivity contribution in [3.05, 3.63) is 47.3 Å². The summed E-state index contributed by atoms with van der Waals surface area (Å²) >= 11 is 0. The summed E-state index contributed by atoms with van der Waals surface area (Å²) in [6.07, 6.45) is 1.29. The highest BCUT2D eigenvalue weighted by molar-refractivity contribution is 5.82. The van der Waals surface area contributed by atoms with E-state index < -0.39 is 0 Å². The SMILES string of the molecule is COc1ccccc1C1CC(C(=O)NCCc2cc(C)no2)NN1. The molecule has 1 amide bonds. The zero-order chi connectivity index (χ0) is 16.9. The summed E-state index contributed by atoms with van der Waals surface area (Å²) in [4.78, 5) is 12.3. The van der Waals surface area contributed by atoms with Gasteiger partial charge in [-0.15, -0.1) is 0 Å². The Morgan fingerprint density at radius 2 is 2.25 bits per heavy atom. The van der Waals surface area contributed by atoms with E-state index in [0.717, 1.165) is 22.8 Å². The summed E-state index contributed by atoms with van der Waals surface area (Å²) in [5.74, 6) is 1.56. The van der Waals surface area contributed by atoms with Gasteiger partial charge >= 0.3 is 0 Å². The Morgan fingerprint density at radius 3 is 3.00 bits per heavy atom. The number of benzene rings is 1. The molecule has 0 radical (unpaired) electrons. The molecule has 0 aliphatic carbocycles. The number of rotatable bonds is 6. The van der Waals surface area contributed by atoms with Gasteiger partial charge in [-0.25, -0.2) is 10.9 Å². The monoisotopic (exact) mass is 330 g/mol. The first-order chi connectivity index (χ1) is 11.7. The van der Waals surface area contributed by atoms with Gasteiger partial charge in [0.05, 0.1) is 18.8 Å². The first kappa shape index (κ1) is 16.5. The van der Waals surface area contributed by atoms with Gasteiger partial charge in [0, 0.05) is 24.6 Å². The lowest BCUT2D eigenvalue weighted by molar-refractivity contribution is -0.122. The van der Waals surface area contributed by atoms with Gasteiger partial charge in [0.1, 0.15) is 17.6 Å². The fourth-order valence-electron chi connectivity index (χ4n) is 2.85. The molecule has 1 saturated heterocycles. The van der Waals surface area contributed by atoms with E-state index in [1.165, 1.54) is 0 Å². The summed E-state index contributed by atoms with van der Waals surface area (Å²) in [5.41, 5.74) is 8.11. The average Bonchev–Trinajstić information content (AvgIpc) is 3.24. The second-order valence-corrected chi connectivity index (χ2v) is 5.85. The fourth-order valence-corrected chi connectivity index (χ4v) is 2.85. The topological polar surface area (TPSA) is 88.4 Å². The van der Waals surface area contributed by atoms with Crippen molar-refractivity contribution in [3.63, 3.8) is 0 Å². The van der Waals surface area contributed by atoms with E-state index >= 15 is 0 Å². The molecule has 24 heavy (non-hydrogen) atoms. The van der Waals surface area contributed by atoms with E-state index in [9.17, 15) is 4.79 Å². The molecular formula is C17H22N4O3. The maximum atomic E-state index is 12.3. The molecule has 128 valence electrons. The fraction of sp³-hybridized carbons (Fsp3) is 0.412. The van der Waals surface area contributed by atoms with Crippen LogP contribution in [-0.2, 0) is 11.2 Å². The molecule has 7 heteroatoms. The summed E-state index contributed by atoms with van der Waals surface area (Å²) in [6, 6.07) is 9.45. The predicted octanol–water partition coefficient (Wildman–Crippen LogP) is 1.26. The standard InChI is InChI=1S/C17H22N4O3/c1-11-9-12(24-21-11)7-8-18-17(22)15-10-14(19-20-15)13-5-3-4-6-16(13)23-2/h3-6,9,14-15,19-20H,7-8,10H2,1-2H3,(H,18,22). The molecule has 7 nitrogen and oxygen atoms in total. The van der Waals surface area contributed by atoms with Crippen LogP contribution in [0, 0.1) is 6.92 Å². The number of carbonyl (C=O) groups is 1. The second-order valence-electron chi connectivity index (χ2n) is 5.85. The minimum atomic E-state index is -0.281. The van der Waals surface area contributed by atoms with Gasteiger partial charge < -0.3 is 14.6 Å². The molecule has 0 bridgehead atoms. The molecule has 1 fully saturated rings. The van der Waals surface area contributed by atoms with Crippen LogP contribution in [0.1, 0.15) is 29.5 Å². The van der Waals surface area contributed by atoms with Gasteiger partial charge in [-0.1, -0.05) is 23.4 Å². The van der Waals surface area contributed by atoms with Crippen LogP contribution in [0.4, 0.5) is 0 Å². The van der Waals surface area contributed by atoms with Gasteiger partial charge in [-0.2, -0.15) is 0 Å². The van der Waals surface area contributed by atoms with Crippen molar-refractivity contribution in [1.29, 1.82) is 0 Å². The number of hydrogen-bond donors (Lipinski definition) is 3. The van der Waals surface area contributed by atoms with Gasteiger partial charge in [0.15, 0.2) is 0 Å². The average molecular weight is 330 g/mol. The van der Waals surface area contributed by atoms with E-state index in [0.29, 0.717) is 19.4 Å². The molecule has 1 aromatic heterocycles. The number of aryl methyl sites for hydroxylation is 1. The third-order valence-electron chi connectivity index (χ3n) is 4.08.